The summed E-state index contributed by atoms with van der Waals surface area (Å²) in [5.41, 5.74) is 1.23. The van der Waals surface area contributed by atoms with E-state index in [1.54, 1.807) is 49.6 Å². The van der Waals surface area contributed by atoms with Gasteiger partial charge in [0.2, 0.25) is 0 Å². The van der Waals surface area contributed by atoms with Crippen LogP contribution in [0.2, 0.25) is 0 Å². The molecule has 0 aromatic heterocycles. The molecule has 1 heterocycles. The van der Waals surface area contributed by atoms with Crippen LogP contribution in [0, 0.1) is 0 Å². The van der Waals surface area contributed by atoms with E-state index in [-0.39, 0.29) is 11.3 Å². The van der Waals surface area contributed by atoms with E-state index in [0.717, 1.165) is 13.1 Å². The van der Waals surface area contributed by atoms with Crippen LogP contribution in [0.5, 0.6) is 11.5 Å². The zero-order valence-corrected chi connectivity index (χ0v) is 19.0. The van der Waals surface area contributed by atoms with Crippen molar-refractivity contribution in [3.05, 3.63) is 65.2 Å². The number of carbonyl (C=O) groups is 2. The number of carbonyl (C=O) groups excluding carboxylic acids is 2. The Hall–Kier alpha value is -3.32. The molecule has 1 unspecified atom stereocenters. The summed E-state index contributed by atoms with van der Waals surface area (Å²) in [5, 5.41) is 11.1. The van der Waals surface area contributed by atoms with Crippen molar-refractivity contribution in [1.82, 2.24) is 9.80 Å². The molecule has 1 N–H and O–H groups in total. The molecular weight excluding hydrogens is 408 g/mol. The molecule has 7 heteroatoms. The molecule has 0 saturated carbocycles. The van der Waals surface area contributed by atoms with Crippen molar-refractivity contribution in [2.45, 2.75) is 19.9 Å². The van der Waals surface area contributed by atoms with Gasteiger partial charge in [-0.2, -0.15) is 0 Å². The van der Waals surface area contributed by atoms with Crippen molar-refractivity contribution in [3.63, 3.8) is 0 Å². The van der Waals surface area contributed by atoms with Crippen molar-refractivity contribution < 1.29 is 24.2 Å². The van der Waals surface area contributed by atoms with Gasteiger partial charge in [0.1, 0.15) is 5.76 Å². The van der Waals surface area contributed by atoms with Gasteiger partial charge in [0.15, 0.2) is 11.5 Å². The quantitative estimate of drug-likeness (QED) is 0.367. The van der Waals surface area contributed by atoms with Crippen LogP contribution < -0.4 is 9.47 Å². The Morgan fingerprint density at radius 3 is 2.25 bits per heavy atom. The van der Waals surface area contributed by atoms with Gasteiger partial charge in [-0.25, -0.2) is 0 Å². The molecule has 1 fully saturated rings. The van der Waals surface area contributed by atoms with Crippen LogP contribution >= 0.6 is 0 Å². The van der Waals surface area contributed by atoms with Gasteiger partial charge in [0, 0.05) is 18.7 Å². The summed E-state index contributed by atoms with van der Waals surface area (Å²) < 4.78 is 10.8. The Morgan fingerprint density at radius 2 is 1.66 bits per heavy atom. The summed E-state index contributed by atoms with van der Waals surface area (Å²) in [4.78, 5) is 29.9. The predicted molar refractivity (Wildman–Crippen MR) is 123 cm³/mol. The van der Waals surface area contributed by atoms with Crippen LogP contribution in [0.3, 0.4) is 0 Å². The van der Waals surface area contributed by atoms with Gasteiger partial charge in [-0.05, 0) is 30.8 Å². The van der Waals surface area contributed by atoms with Crippen LogP contribution in [-0.4, -0.2) is 67.0 Å². The normalized spacial score (nSPS) is 17.8. The fourth-order valence-corrected chi connectivity index (χ4v) is 4.02. The van der Waals surface area contributed by atoms with Gasteiger partial charge < -0.3 is 24.4 Å². The number of rotatable bonds is 9. The second-order valence-corrected chi connectivity index (χ2v) is 7.50. The summed E-state index contributed by atoms with van der Waals surface area (Å²) in [7, 11) is 3.08. The molecule has 1 aliphatic heterocycles. The van der Waals surface area contributed by atoms with Gasteiger partial charge >= 0.3 is 0 Å². The van der Waals surface area contributed by atoms with Crippen molar-refractivity contribution in [2.24, 2.45) is 0 Å². The summed E-state index contributed by atoms with van der Waals surface area (Å²) in [6, 6.07) is 13.3. The number of nitrogens with zero attached hydrogens (tertiary/aromatic N) is 2. The van der Waals surface area contributed by atoms with E-state index in [2.05, 4.69) is 18.7 Å². The lowest BCUT2D eigenvalue weighted by Crippen LogP contribution is -2.38. The molecule has 3 rings (SSSR count). The van der Waals surface area contributed by atoms with E-state index >= 15 is 0 Å². The van der Waals surface area contributed by atoms with Crippen LogP contribution in [0.4, 0.5) is 0 Å². The van der Waals surface area contributed by atoms with Gasteiger partial charge in [0.05, 0.1) is 25.8 Å². The predicted octanol–water partition coefficient (Wildman–Crippen LogP) is 3.47. The number of likely N-dealkylation sites (tertiary alicyclic amines) is 1. The Bertz CT molecular complexity index is 999. The molecule has 1 atom stereocenters. The maximum atomic E-state index is 13.1. The number of amides is 1. The number of ketones is 1. The molecule has 0 aliphatic carbocycles. The average molecular weight is 439 g/mol. The second kappa shape index (κ2) is 10.3. The highest BCUT2D eigenvalue weighted by atomic mass is 16.5. The molecule has 1 aliphatic rings. The van der Waals surface area contributed by atoms with E-state index in [1.165, 1.54) is 12.0 Å². The SMILES string of the molecule is CCN(CC)CCN1C(=O)C(=O)/C(=C(\O)c2ccccc2)C1c1ccc(OC)c(OC)c1. The second-order valence-electron chi connectivity index (χ2n) is 7.50. The van der Waals surface area contributed by atoms with Gasteiger partial charge in [0.25, 0.3) is 11.7 Å². The third kappa shape index (κ3) is 4.48. The molecule has 1 amide bonds. The standard InChI is InChI=1S/C25H30N2O5/c1-5-26(6-2)14-15-27-22(18-12-13-19(31-3)20(16-18)32-4)21(24(29)25(27)30)23(28)17-10-8-7-9-11-17/h7-13,16,22,28H,5-6,14-15H2,1-4H3/b23-21-. The number of benzene rings is 2. The Labute approximate surface area is 188 Å². The van der Waals surface area contributed by atoms with Crippen molar-refractivity contribution in [1.29, 1.82) is 0 Å². The molecule has 0 radical (unpaired) electrons. The van der Waals surface area contributed by atoms with E-state index in [4.69, 9.17) is 9.47 Å². The largest absolute Gasteiger partial charge is 0.507 e. The number of hydrogen-bond acceptors (Lipinski definition) is 6. The highest BCUT2D eigenvalue weighted by Gasteiger charge is 2.46. The zero-order valence-electron chi connectivity index (χ0n) is 19.0. The lowest BCUT2D eigenvalue weighted by atomic mass is 9.95. The molecule has 7 nitrogen and oxygen atoms in total. The molecule has 170 valence electrons. The van der Waals surface area contributed by atoms with E-state index in [9.17, 15) is 14.7 Å². The number of hydrogen-bond donors (Lipinski definition) is 1. The highest BCUT2D eigenvalue weighted by Crippen LogP contribution is 2.41. The lowest BCUT2D eigenvalue weighted by Gasteiger charge is -2.28. The van der Waals surface area contributed by atoms with Gasteiger partial charge in [-0.1, -0.05) is 50.2 Å². The minimum atomic E-state index is -0.731. The van der Waals surface area contributed by atoms with Crippen LogP contribution in [0.15, 0.2) is 54.1 Å². The number of aliphatic hydroxyl groups is 1. The van der Waals surface area contributed by atoms with Crippen LogP contribution in [0.25, 0.3) is 5.76 Å². The minimum absolute atomic E-state index is 0.0768. The first-order valence-corrected chi connectivity index (χ1v) is 10.7. The first kappa shape index (κ1) is 23.3. The fraction of sp³-hybridized carbons (Fsp3) is 0.360. The molecule has 2 aromatic rings. The smallest absolute Gasteiger partial charge is 0.295 e. The fourth-order valence-electron chi connectivity index (χ4n) is 4.02. The van der Waals surface area contributed by atoms with Crippen molar-refractivity contribution >= 4 is 17.4 Å². The monoisotopic (exact) mass is 438 g/mol. The van der Waals surface area contributed by atoms with Gasteiger partial charge in [-0.3, -0.25) is 9.59 Å². The summed E-state index contributed by atoms with van der Waals surface area (Å²) in [6.07, 6.45) is 0. The summed E-state index contributed by atoms with van der Waals surface area (Å²) >= 11 is 0. The third-order valence-corrected chi connectivity index (χ3v) is 5.86. The lowest BCUT2D eigenvalue weighted by molar-refractivity contribution is -0.140. The first-order chi connectivity index (χ1) is 15.5. The van der Waals surface area contributed by atoms with Crippen LogP contribution in [-0.2, 0) is 9.59 Å². The molecule has 0 spiro atoms. The maximum Gasteiger partial charge on any atom is 0.295 e. The minimum Gasteiger partial charge on any atom is -0.507 e. The van der Waals surface area contributed by atoms with Crippen LogP contribution in [0.1, 0.15) is 31.0 Å². The van der Waals surface area contributed by atoms with Crippen molar-refractivity contribution in [3.8, 4) is 11.5 Å². The number of aliphatic hydroxyl groups excluding tert-OH is 1. The Kier molecular flexibility index (Phi) is 7.53. The van der Waals surface area contributed by atoms with E-state index in [1.807, 2.05) is 6.07 Å². The van der Waals surface area contributed by atoms with E-state index < -0.39 is 17.7 Å². The number of methoxy groups -OCH3 is 2. The molecule has 0 bridgehead atoms. The Morgan fingerprint density at radius 1 is 1.00 bits per heavy atom. The number of ether oxygens (including phenoxy) is 2. The summed E-state index contributed by atoms with van der Waals surface area (Å²) in [5.74, 6) is -0.465. The third-order valence-electron chi connectivity index (χ3n) is 5.86. The summed E-state index contributed by atoms with van der Waals surface area (Å²) in [6.45, 7) is 6.76. The average Bonchev–Trinajstić information content (AvgIpc) is 3.09. The number of Topliss-reactive ketones (excluding diaryl/α,β-unsaturated/α-hetero) is 1. The molecular formula is C25H30N2O5. The first-order valence-electron chi connectivity index (χ1n) is 10.7. The molecule has 2 aromatic carbocycles. The van der Waals surface area contributed by atoms with E-state index in [0.29, 0.717) is 35.7 Å². The van der Waals surface area contributed by atoms with Gasteiger partial charge in [-0.15, -0.1) is 0 Å². The molecule has 1 saturated heterocycles. The zero-order chi connectivity index (χ0) is 23.3. The Balaban J connectivity index is 2.13. The topological polar surface area (TPSA) is 79.3 Å². The highest BCUT2D eigenvalue weighted by molar-refractivity contribution is 6.46. The molecule has 32 heavy (non-hydrogen) atoms. The number of likely N-dealkylation sites (N-methyl/N-ethyl adjacent to an activating group) is 1. The van der Waals surface area contributed by atoms with Crippen molar-refractivity contribution in [2.75, 3.05) is 40.4 Å². The maximum absolute atomic E-state index is 13.1.